The van der Waals surface area contributed by atoms with Crippen LogP contribution in [0.15, 0.2) is 5.03 Å². The monoisotopic (exact) mass is 233 g/mol. The second kappa shape index (κ2) is 4.43. The van der Waals surface area contributed by atoms with E-state index in [1.165, 1.54) is 0 Å². The molecule has 0 radical (unpaired) electrons. The van der Waals surface area contributed by atoms with Crippen LogP contribution in [-0.2, 0) is 4.79 Å². The lowest BCUT2D eigenvalue weighted by molar-refractivity contribution is -0.133. The van der Waals surface area contributed by atoms with E-state index >= 15 is 0 Å². The molecule has 0 atom stereocenters. The summed E-state index contributed by atoms with van der Waals surface area (Å²) >= 11 is 1.97. The van der Waals surface area contributed by atoms with E-state index in [1.807, 2.05) is 0 Å². The van der Waals surface area contributed by atoms with Gasteiger partial charge in [0.05, 0.1) is 10.8 Å². The van der Waals surface area contributed by atoms with Gasteiger partial charge in [0.25, 0.3) is 0 Å². The van der Waals surface area contributed by atoms with Crippen LogP contribution in [-0.4, -0.2) is 32.9 Å². The van der Waals surface area contributed by atoms with E-state index < -0.39 is 11.9 Å². The summed E-state index contributed by atoms with van der Waals surface area (Å²) in [5.74, 6) is -2.23. The molecule has 1 aromatic rings. The Hall–Kier alpha value is -1.08. The summed E-state index contributed by atoms with van der Waals surface area (Å²) < 4.78 is 0. The zero-order valence-corrected chi connectivity index (χ0v) is 8.81. The Morgan fingerprint density at radius 2 is 2.14 bits per heavy atom. The molecule has 76 valence electrons. The molecule has 7 heteroatoms. The quantitative estimate of drug-likeness (QED) is 0.763. The Morgan fingerprint density at radius 1 is 1.50 bits per heavy atom. The first-order valence-electron chi connectivity index (χ1n) is 3.56. The van der Waals surface area contributed by atoms with Crippen LogP contribution < -0.4 is 0 Å². The van der Waals surface area contributed by atoms with Crippen molar-refractivity contribution in [2.24, 2.45) is 0 Å². The molecule has 0 fully saturated rings. The minimum atomic E-state index is -1.07. The third kappa shape index (κ3) is 2.71. The van der Waals surface area contributed by atoms with Crippen molar-refractivity contribution in [3.8, 4) is 0 Å². The van der Waals surface area contributed by atoms with Crippen molar-refractivity contribution >= 4 is 35.0 Å². The van der Waals surface area contributed by atoms with Gasteiger partial charge in [-0.15, -0.1) is 11.3 Å². The largest absolute Gasteiger partial charge is 0.481 e. The molecule has 5 nitrogen and oxygen atoms in total. The van der Waals surface area contributed by atoms with Crippen LogP contribution in [0.1, 0.15) is 14.7 Å². The maximum absolute atomic E-state index is 10.7. The number of hydrogen-bond donors (Lipinski definition) is 2. The van der Waals surface area contributed by atoms with Gasteiger partial charge in [-0.3, -0.25) is 4.79 Å². The van der Waals surface area contributed by atoms with Crippen LogP contribution in [0.5, 0.6) is 0 Å². The maximum Gasteiger partial charge on any atom is 0.348 e. The van der Waals surface area contributed by atoms with Crippen molar-refractivity contribution < 1.29 is 19.8 Å². The molecule has 0 bridgehead atoms. The van der Waals surface area contributed by atoms with E-state index in [0.29, 0.717) is 5.01 Å². The second-order valence-corrected chi connectivity index (χ2v) is 4.52. The molecule has 0 saturated carbocycles. The molecule has 0 aliphatic heterocycles. The molecule has 14 heavy (non-hydrogen) atoms. The van der Waals surface area contributed by atoms with E-state index in [-0.39, 0.29) is 15.7 Å². The number of aromatic carboxylic acids is 1. The lowest BCUT2D eigenvalue weighted by atomic mass is 10.6. The van der Waals surface area contributed by atoms with Crippen LogP contribution in [0, 0.1) is 6.92 Å². The van der Waals surface area contributed by atoms with Crippen LogP contribution in [0.25, 0.3) is 0 Å². The Balaban J connectivity index is 2.84. The van der Waals surface area contributed by atoms with E-state index in [0.717, 1.165) is 23.1 Å². The Labute approximate surface area is 87.8 Å². The summed E-state index contributed by atoms with van der Waals surface area (Å²) in [5.41, 5.74) is 0. The average molecular weight is 233 g/mol. The molecule has 0 aliphatic rings. The summed E-state index contributed by atoms with van der Waals surface area (Å²) in [5, 5.41) is 18.1. The molecular formula is C7H7NO4S2. The number of hydrogen-bond acceptors (Lipinski definition) is 5. The normalized spacial score (nSPS) is 10.1. The fourth-order valence-electron chi connectivity index (χ4n) is 0.771. The van der Waals surface area contributed by atoms with Crippen molar-refractivity contribution in [1.82, 2.24) is 4.98 Å². The highest BCUT2D eigenvalue weighted by atomic mass is 32.2. The highest BCUT2D eigenvalue weighted by molar-refractivity contribution is 8.00. The molecule has 2 N–H and O–H groups in total. The number of thiazole rings is 1. The molecule has 0 amide bonds. The van der Waals surface area contributed by atoms with Crippen molar-refractivity contribution in [3.05, 3.63) is 9.88 Å². The first-order valence-corrected chi connectivity index (χ1v) is 5.36. The predicted octanol–water partition coefficient (Wildman–Crippen LogP) is 1.33. The van der Waals surface area contributed by atoms with Gasteiger partial charge < -0.3 is 10.2 Å². The van der Waals surface area contributed by atoms with Crippen LogP contribution in [0.4, 0.5) is 0 Å². The molecule has 0 aromatic carbocycles. The van der Waals surface area contributed by atoms with Gasteiger partial charge in [-0.1, -0.05) is 11.8 Å². The minimum Gasteiger partial charge on any atom is -0.481 e. The second-order valence-electron chi connectivity index (χ2n) is 2.35. The number of aromatic nitrogens is 1. The van der Waals surface area contributed by atoms with Gasteiger partial charge >= 0.3 is 11.9 Å². The zero-order valence-electron chi connectivity index (χ0n) is 7.18. The average Bonchev–Trinajstić information content (AvgIpc) is 2.43. The van der Waals surface area contributed by atoms with Gasteiger partial charge in [0.15, 0.2) is 0 Å². The van der Waals surface area contributed by atoms with Crippen molar-refractivity contribution in [1.29, 1.82) is 0 Å². The van der Waals surface area contributed by atoms with Crippen molar-refractivity contribution in [2.75, 3.05) is 5.75 Å². The van der Waals surface area contributed by atoms with Crippen LogP contribution >= 0.6 is 23.1 Å². The van der Waals surface area contributed by atoms with Gasteiger partial charge in [-0.05, 0) is 6.92 Å². The van der Waals surface area contributed by atoms with Gasteiger partial charge in [0.2, 0.25) is 0 Å². The maximum atomic E-state index is 10.7. The number of carboxylic acid groups (broad SMARTS) is 2. The number of nitrogens with zero attached hydrogens (tertiary/aromatic N) is 1. The number of aliphatic carboxylic acids is 1. The Bertz CT molecular complexity index is 374. The fourth-order valence-corrected chi connectivity index (χ4v) is 2.46. The number of aryl methyl sites for hydroxylation is 1. The Kier molecular flexibility index (Phi) is 3.48. The molecule has 0 unspecified atom stereocenters. The molecule has 1 aromatic heterocycles. The van der Waals surface area contributed by atoms with Gasteiger partial charge in [-0.25, -0.2) is 9.78 Å². The topological polar surface area (TPSA) is 87.5 Å². The third-order valence-electron chi connectivity index (χ3n) is 1.23. The predicted molar refractivity (Wildman–Crippen MR) is 52.2 cm³/mol. The zero-order chi connectivity index (χ0) is 10.7. The summed E-state index contributed by atoms with van der Waals surface area (Å²) in [4.78, 5) is 25.0. The van der Waals surface area contributed by atoms with E-state index in [9.17, 15) is 9.59 Å². The Morgan fingerprint density at radius 3 is 2.64 bits per heavy atom. The van der Waals surface area contributed by atoms with Crippen LogP contribution in [0.2, 0.25) is 0 Å². The number of rotatable bonds is 4. The van der Waals surface area contributed by atoms with Gasteiger partial charge in [0, 0.05) is 0 Å². The first kappa shape index (κ1) is 11.0. The minimum absolute atomic E-state index is 0.105. The third-order valence-corrected chi connectivity index (χ3v) is 3.28. The smallest absolute Gasteiger partial charge is 0.348 e. The summed E-state index contributed by atoms with van der Waals surface area (Å²) in [6.45, 7) is 1.68. The van der Waals surface area contributed by atoms with Gasteiger partial charge in [-0.2, -0.15) is 0 Å². The summed E-state index contributed by atoms with van der Waals surface area (Å²) in [6.07, 6.45) is 0. The standard InChI is InChI=1S/C7H7NO4S2/c1-3-8-6(13-2-4(9)10)5(14-3)7(11)12/h2H2,1H3,(H,9,10)(H,11,12). The van der Waals surface area contributed by atoms with E-state index in [4.69, 9.17) is 10.2 Å². The molecular weight excluding hydrogens is 226 g/mol. The molecule has 1 heterocycles. The molecule has 0 saturated heterocycles. The molecule has 1 rings (SSSR count). The van der Waals surface area contributed by atoms with Crippen LogP contribution in [0.3, 0.4) is 0 Å². The van der Waals surface area contributed by atoms with E-state index in [2.05, 4.69) is 4.98 Å². The highest BCUT2D eigenvalue weighted by Crippen LogP contribution is 2.26. The lowest BCUT2D eigenvalue weighted by Gasteiger charge is -1.94. The molecule has 0 aliphatic carbocycles. The highest BCUT2D eigenvalue weighted by Gasteiger charge is 2.16. The van der Waals surface area contributed by atoms with Gasteiger partial charge in [0.1, 0.15) is 9.90 Å². The molecule has 0 spiro atoms. The van der Waals surface area contributed by atoms with E-state index in [1.54, 1.807) is 6.92 Å². The SMILES string of the molecule is Cc1nc(SCC(=O)O)c(C(=O)O)s1. The van der Waals surface area contributed by atoms with Crippen molar-refractivity contribution in [3.63, 3.8) is 0 Å². The first-order chi connectivity index (χ1) is 6.50. The summed E-state index contributed by atoms with van der Waals surface area (Å²) in [6, 6.07) is 0. The number of carboxylic acids is 2. The fraction of sp³-hybridized carbons (Fsp3) is 0.286. The lowest BCUT2D eigenvalue weighted by Crippen LogP contribution is -2.00. The van der Waals surface area contributed by atoms with Crippen molar-refractivity contribution in [2.45, 2.75) is 11.9 Å². The summed E-state index contributed by atoms with van der Waals surface area (Å²) in [7, 11) is 0. The number of carbonyl (C=O) groups is 2. The number of thioether (sulfide) groups is 1.